The van der Waals surface area contributed by atoms with Crippen LogP contribution < -0.4 is 15.4 Å². The summed E-state index contributed by atoms with van der Waals surface area (Å²) in [6.45, 7) is 13.0. The van der Waals surface area contributed by atoms with Gasteiger partial charge in [-0.1, -0.05) is 45.4 Å². The predicted molar refractivity (Wildman–Crippen MR) is 187 cm³/mol. The van der Waals surface area contributed by atoms with Gasteiger partial charge >= 0.3 is 0 Å². The second-order valence-corrected chi connectivity index (χ2v) is 18.0. The van der Waals surface area contributed by atoms with Crippen molar-refractivity contribution in [2.24, 2.45) is 17.3 Å². The zero-order chi connectivity index (χ0) is 33.6. The lowest BCUT2D eigenvalue weighted by molar-refractivity contribution is -0.0496. The molecule has 4 fully saturated rings. The maximum Gasteiger partial charge on any atom is 0.245 e. The van der Waals surface area contributed by atoms with E-state index in [2.05, 4.69) is 78.1 Å². The minimum atomic E-state index is -3.59. The molecule has 48 heavy (non-hydrogen) atoms. The lowest BCUT2D eigenvalue weighted by atomic mass is 9.87. The van der Waals surface area contributed by atoms with Gasteiger partial charge < -0.3 is 9.15 Å². The van der Waals surface area contributed by atoms with E-state index in [0.29, 0.717) is 49.5 Å². The summed E-state index contributed by atoms with van der Waals surface area (Å²) in [4.78, 5) is 12.3. The standard InChI is InChI=1S/C37H54N6O4S/c1-23(2)14-29-16-32-35(47-29)38-19-27(39-32)21-43-20-26-10-7-11-30(15-26)48(44,45)42-36-40-31(34-24(3)8-6-9-25(34)4)17-33(41-36)46-22-28(43)18-37(5)12-13-37/h6,8-9,16,19,23,26,28,30-31,33,36,40-42H,7,10-15,17-18,20-22H2,1-5H3/t26?,28-,30?,31?,33?,36?/m1/s1. The molecular formula is C37H54N6O4S. The van der Waals surface area contributed by atoms with Crippen molar-refractivity contribution in [3.63, 3.8) is 0 Å². The highest BCUT2D eigenvalue weighted by molar-refractivity contribution is 7.90. The normalized spacial score (nSPS) is 30.8. The summed E-state index contributed by atoms with van der Waals surface area (Å²) < 4.78 is 43.7. The molecule has 2 aliphatic heterocycles. The number of aromatic nitrogens is 2. The molecule has 1 aromatic carbocycles. The van der Waals surface area contributed by atoms with Gasteiger partial charge in [-0.2, -0.15) is 4.72 Å². The largest absolute Gasteiger partial charge is 0.441 e. The van der Waals surface area contributed by atoms with Crippen LogP contribution in [0.25, 0.3) is 11.2 Å². The number of aryl methyl sites for hydroxylation is 2. The van der Waals surface area contributed by atoms with Crippen molar-refractivity contribution < 1.29 is 17.6 Å². The molecule has 6 atom stereocenters. The van der Waals surface area contributed by atoms with E-state index in [9.17, 15) is 8.42 Å². The molecule has 0 spiro atoms. The molecule has 4 heterocycles. The third-order valence-corrected chi connectivity index (χ3v) is 13.0. The van der Waals surface area contributed by atoms with Crippen LogP contribution in [0.4, 0.5) is 0 Å². The first-order chi connectivity index (χ1) is 22.9. The highest BCUT2D eigenvalue weighted by atomic mass is 32.2. The monoisotopic (exact) mass is 678 g/mol. The Kier molecular flexibility index (Phi) is 9.73. The van der Waals surface area contributed by atoms with Gasteiger partial charge in [-0.25, -0.2) is 18.4 Å². The zero-order valence-corrected chi connectivity index (χ0v) is 30.1. The lowest BCUT2D eigenvalue weighted by Crippen LogP contribution is -2.64. The van der Waals surface area contributed by atoms with E-state index in [0.717, 1.165) is 49.2 Å². The number of benzene rings is 1. The number of fused-ring (bicyclic) bond motifs is 5. The smallest absolute Gasteiger partial charge is 0.245 e. The number of ether oxygens (including phenoxy) is 1. The molecule has 10 nitrogen and oxygen atoms in total. The van der Waals surface area contributed by atoms with Gasteiger partial charge in [0.2, 0.25) is 15.7 Å². The molecule has 2 aromatic heterocycles. The van der Waals surface area contributed by atoms with Gasteiger partial charge in [-0.15, -0.1) is 0 Å². The lowest BCUT2D eigenvalue weighted by Gasteiger charge is -2.40. The van der Waals surface area contributed by atoms with Crippen LogP contribution in [0.15, 0.2) is 34.9 Å². The van der Waals surface area contributed by atoms with Crippen LogP contribution in [0.2, 0.25) is 0 Å². The Morgan fingerprint density at radius 3 is 2.65 bits per heavy atom. The van der Waals surface area contributed by atoms with Crippen LogP contribution in [0.3, 0.4) is 0 Å². The number of hydrogen-bond donors (Lipinski definition) is 3. The van der Waals surface area contributed by atoms with Gasteiger partial charge in [0.15, 0.2) is 0 Å². The molecule has 4 aliphatic rings. The third-order valence-electron chi connectivity index (χ3n) is 11.2. The Balaban J connectivity index is 1.21. The molecule has 11 heteroatoms. The molecule has 2 aliphatic carbocycles. The van der Waals surface area contributed by atoms with Crippen LogP contribution in [0, 0.1) is 31.1 Å². The Labute approximate surface area is 286 Å². The number of hydrogen-bond acceptors (Lipinski definition) is 9. The van der Waals surface area contributed by atoms with Crippen LogP contribution in [0.5, 0.6) is 0 Å². The van der Waals surface area contributed by atoms with Crippen LogP contribution in [-0.4, -0.2) is 60.2 Å². The van der Waals surface area contributed by atoms with Crippen LogP contribution >= 0.6 is 0 Å². The van der Waals surface area contributed by atoms with Crippen molar-refractivity contribution in [1.82, 2.24) is 30.2 Å². The van der Waals surface area contributed by atoms with Gasteiger partial charge in [-0.3, -0.25) is 15.5 Å². The van der Waals surface area contributed by atoms with Gasteiger partial charge in [0, 0.05) is 44.1 Å². The highest BCUT2D eigenvalue weighted by Gasteiger charge is 2.43. The number of furan rings is 1. The van der Waals surface area contributed by atoms with Crippen molar-refractivity contribution in [1.29, 1.82) is 0 Å². The molecule has 0 radical (unpaired) electrons. The molecule has 2 saturated carbocycles. The van der Waals surface area contributed by atoms with Crippen molar-refractivity contribution >= 4 is 21.3 Å². The first-order valence-electron chi connectivity index (χ1n) is 18.1. The molecule has 0 amide bonds. The minimum absolute atomic E-state index is 0.0533. The topological polar surface area (TPSA) is 122 Å². The Hall–Kier alpha value is -2.41. The third kappa shape index (κ3) is 7.81. The average molecular weight is 679 g/mol. The fourth-order valence-electron chi connectivity index (χ4n) is 8.38. The summed E-state index contributed by atoms with van der Waals surface area (Å²) in [6.07, 6.45) is 9.22. The highest BCUT2D eigenvalue weighted by Crippen LogP contribution is 2.50. The van der Waals surface area contributed by atoms with E-state index in [1.807, 2.05) is 12.3 Å². The summed E-state index contributed by atoms with van der Waals surface area (Å²) in [7, 11) is -3.59. The molecule has 262 valence electrons. The summed E-state index contributed by atoms with van der Waals surface area (Å²) in [5.74, 6) is 1.67. The number of rotatable bonds is 7. The van der Waals surface area contributed by atoms with E-state index in [-0.39, 0.29) is 24.2 Å². The molecular weight excluding hydrogens is 625 g/mol. The quantitative estimate of drug-likeness (QED) is 0.283. The van der Waals surface area contributed by atoms with E-state index < -0.39 is 21.6 Å². The van der Waals surface area contributed by atoms with Gasteiger partial charge in [0.1, 0.15) is 23.8 Å². The van der Waals surface area contributed by atoms with Crippen molar-refractivity contribution in [2.75, 3.05) is 13.2 Å². The Morgan fingerprint density at radius 2 is 1.90 bits per heavy atom. The molecule has 5 unspecified atom stereocenters. The van der Waals surface area contributed by atoms with Gasteiger partial charge in [0.25, 0.3) is 0 Å². The molecule has 7 rings (SSSR count). The minimum Gasteiger partial charge on any atom is -0.441 e. The Bertz CT molecular complexity index is 1680. The second-order valence-electron chi connectivity index (χ2n) is 16.0. The average Bonchev–Trinajstić information content (AvgIpc) is 3.62. The van der Waals surface area contributed by atoms with E-state index in [4.69, 9.17) is 14.1 Å². The molecule has 3 aromatic rings. The van der Waals surface area contributed by atoms with E-state index >= 15 is 0 Å². The van der Waals surface area contributed by atoms with Crippen LogP contribution in [0.1, 0.15) is 106 Å². The van der Waals surface area contributed by atoms with Gasteiger partial charge in [-0.05, 0) is 86.3 Å². The molecule has 2 saturated heterocycles. The number of sulfonamides is 1. The fourth-order valence-corrected chi connectivity index (χ4v) is 10.0. The van der Waals surface area contributed by atoms with Crippen LogP contribution in [-0.2, 0) is 27.7 Å². The maximum absolute atomic E-state index is 13.9. The zero-order valence-electron chi connectivity index (χ0n) is 29.3. The fraction of sp³-hybridized carbons (Fsp3) is 0.676. The van der Waals surface area contributed by atoms with Crippen molar-refractivity contribution in [3.8, 4) is 0 Å². The number of nitrogens with zero attached hydrogens (tertiary/aromatic N) is 3. The Morgan fingerprint density at radius 1 is 1.10 bits per heavy atom. The van der Waals surface area contributed by atoms with Gasteiger partial charge in [0.05, 0.1) is 23.7 Å². The van der Waals surface area contributed by atoms with Crippen molar-refractivity contribution in [2.45, 2.75) is 129 Å². The second kappa shape index (κ2) is 13.7. The van der Waals surface area contributed by atoms with Crippen molar-refractivity contribution in [3.05, 3.63) is 58.6 Å². The predicted octanol–water partition coefficient (Wildman–Crippen LogP) is 5.84. The summed E-state index contributed by atoms with van der Waals surface area (Å²) in [5, 5.41) is 6.65. The number of nitrogens with one attached hydrogen (secondary N) is 3. The molecule has 3 N–H and O–H groups in total. The maximum atomic E-state index is 13.9. The molecule has 4 bridgehead atoms. The van der Waals surface area contributed by atoms with E-state index in [1.165, 1.54) is 29.5 Å². The summed E-state index contributed by atoms with van der Waals surface area (Å²) in [6, 6.07) is 8.48. The SMILES string of the molecule is Cc1cccc(C)c1C1CC2NC(N1)NS(=O)(=O)C1CCCC(C1)CN(Cc1cnc3oc(CC(C)C)cc3n1)[C@H](CC1(C)CC1)CO2. The van der Waals surface area contributed by atoms with E-state index in [1.54, 1.807) is 0 Å². The summed E-state index contributed by atoms with van der Waals surface area (Å²) in [5.41, 5.74) is 6.20. The first kappa shape index (κ1) is 34.1. The first-order valence-corrected chi connectivity index (χ1v) is 19.7. The summed E-state index contributed by atoms with van der Waals surface area (Å²) >= 11 is 0.